The minimum Gasteiger partial charge on any atom is -0.365 e. The van der Waals surface area contributed by atoms with E-state index in [9.17, 15) is 10.1 Å². The third kappa shape index (κ3) is 6.09. The number of aryl methyl sites for hydroxylation is 1. The second kappa shape index (κ2) is 12.4. The average molecular weight is 502 g/mol. The molecule has 0 saturated carbocycles. The van der Waals surface area contributed by atoms with Gasteiger partial charge >= 0.3 is 0 Å². The van der Waals surface area contributed by atoms with Crippen LogP contribution in [-0.2, 0) is 23.4 Å². The molecule has 1 aromatic heterocycles. The molecule has 2 fully saturated rings. The Morgan fingerprint density at radius 2 is 1.83 bits per heavy atom. The SMILES string of the molecule is [C-]#[N+]c1c(N2CCC(N3CCCC3)CC2)nc(SCc2ccc(CCC(C)=O)cc2)c(C#N)c1CC. The first-order chi connectivity index (χ1) is 17.5. The number of benzene rings is 1. The number of piperidine rings is 1. The summed E-state index contributed by atoms with van der Waals surface area (Å²) >= 11 is 1.57. The number of anilines is 1. The number of nitrogens with zero attached hydrogens (tertiary/aromatic N) is 5. The first kappa shape index (κ1) is 26.2. The van der Waals surface area contributed by atoms with Gasteiger partial charge in [0, 0.05) is 31.3 Å². The van der Waals surface area contributed by atoms with Crippen molar-refractivity contribution in [2.24, 2.45) is 0 Å². The lowest BCUT2D eigenvalue weighted by molar-refractivity contribution is -0.116. The maximum absolute atomic E-state index is 11.3. The Morgan fingerprint density at radius 1 is 1.17 bits per heavy atom. The number of aromatic nitrogens is 1. The van der Waals surface area contributed by atoms with E-state index in [1.807, 2.05) is 6.92 Å². The van der Waals surface area contributed by atoms with Gasteiger partial charge < -0.3 is 14.6 Å². The number of thioether (sulfide) groups is 1. The summed E-state index contributed by atoms with van der Waals surface area (Å²) in [5, 5.41) is 10.7. The van der Waals surface area contributed by atoms with Crippen LogP contribution in [0.5, 0.6) is 0 Å². The molecule has 1 aromatic carbocycles. The van der Waals surface area contributed by atoms with Crippen molar-refractivity contribution >= 4 is 29.1 Å². The number of carbonyl (C=O) groups is 1. The molecule has 0 bridgehead atoms. The highest BCUT2D eigenvalue weighted by Gasteiger charge is 2.29. The third-order valence-electron chi connectivity index (χ3n) is 7.38. The van der Waals surface area contributed by atoms with E-state index in [2.05, 4.69) is 45.0 Å². The van der Waals surface area contributed by atoms with Gasteiger partial charge in [-0.2, -0.15) is 5.26 Å². The molecule has 0 N–H and O–H groups in total. The first-order valence-electron chi connectivity index (χ1n) is 13.1. The molecule has 4 rings (SSSR count). The Morgan fingerprint density at radius 3 is 2.42 bits per heavy atom. The number of hydrogen-bond donors (Lipinski definition) is 0. The van der Waals surface area contributed by atoms with Crippen LogP contribution in [0.4, 0.5) is 11.5 Å². The molecule has 2 saturated heterocycles. The Labute approximate surface area is 219 Å². The predicted octanol–water partition coefficient (Wildman–Crippen LogP) is 5.94. The van der Waals surface area contributed by atoms with Crippen LogP contribution in [0.15, 0.2) is 29.3 Å². The molecule has 0 amide bonds. The second-order valence-corrected chi connectivity index (χ2v) is 10.8. The normalized spacial score (nSPS) is 16.6. The highest BCUT2D eigenvalue weighted by molar-refractivity contribution is 7.98. The van der Waals surface area contributed by atoms with Gasteiger partial charge in [0.1, 0.15) is 22.7 Å². The van der Waals surface area contributed by atoms with E-state index in [0.717, 1.165) is 59.9 Å². The van der Waals surface area contributed by atoms with Gasteiger partial charge in [-0.1, -0.05) is 31.2 Å². The fraction of sp³-hybridized carbons (Fsp3) is 0.517. The smallest absolute Gasteiger partial charge is 0.232 e. The fourth-order valence-electron chi connectivity index (χ4n) is 5.31. The largest absolute Gasteiger partial charge is 0.365 e. The molecule has 2 aliphatic rings. The van der Waals surface area contributed by atoms with Gasteiger partial charge in [0.15, 0.2) is 0 Å². The summed E-state index contributed by atoms with van der Waals surface area (Å²) < 4.78 is 0. The maximum Gasteiger partial charge on any atom is 0.232 e. The van der Waals surface area contributed by atoms with Crippen molar-refractivity contribution in [1.82, 2.24) is 9.88 Å². The van der Waals surface area contributed by atoms with Gasteiger partial charge in [0.05, 0.1) is 12.1 Å². The van der Waals surface area contributed by atoms with E-state index in [1.165, 1.54) is 25.9 Å². The van der Waals surface area contributed by atoms with Crippen LogP contribution >= 0.6 is 11.8 Å². The van der Waals surface area contributed by atoms with Crippen molar-refractivity contribution in [2.45, 2.75) is 75.6 Å². The zero-order valence-corrected chi connectivity index (χ0v) is 22.2. The number of likely N-dealkylation sites (tertiary alicyclic amines) is 1. The van der Waals surface area contributed by atoms with E-state index in [1.54, 1.807) is 18.7 Å². The molecule has 3 heterocycles. The number of ketones is 1. The van der Waals surface area contributed by atoms with E-state index in [-0.39, 0.29) is 5.78 Å². The van der Waals surface area contributed by atoms with Crippen LogP contribution in [0.2, 0.25) is 0 Å². The van der Waals surface area contributed by atoms with Crippen LogP contribution in [0.3, 0.4) is 0 Å². The van der Waals surface area contributed by atoms with Gasteiger partial charge in [-0.15, -0.1) is 11.8 Å². The van der Waals surface area contributed by atoms with Crippen molar-refractivity contribution < 1.29 is 4.79 Å². The minimum atomic E-state index is 0.204. The molecule has 188 valence electrons. The van der Waals surface area contributed by atoms with Gasteiger partial charge in [0.25, 0.3) is 0 Å². The molecule has 2 aliphatic heterocycles. The highest BCUT2D eigenvalue weighted by Crippen LogP contribution is 2.40. The Balaban J connectivity index is 1.52. The summed E-state index contributed by atoms with van der Waals surface area (Å²) in [7, 11) is 0. The molecular weight excluding hydrogens is 466 g/mol. The lowest BCUT2D eigenvalue weighted by Gasteiger charge is -2.38. The van der Waals surface area contributed by atoms with Crippen molar-refractivity contribution in [2.75, 3.05) is 31.1 Å². The van der Waals surface area contributed by atoms with Crippen LogP contribution in [0.1, 0.15) is 68.2 Å². The summed E-state index contributed by atoms with van der Waals surface area (Å²) in [4.78, 5) is 25.0. The van der Waals surface area contributed by atoms with E-state index in [4.69, 9.17) is 11.6 Å². The maximum atomic E-state index is 11.3. The summed E-state index contributed by atoms with van der Waals surface area (Å²) in [5.74, 6) is 1.66. The minimum absolute atomic E-state index is 0.204. The number of Topliss-reactive ketones (excluding diaryl/α,β-unsaturated/α-hetero) is 1. The van der Waals surface area contributed by atoms with Crippen molar-refractivity contribution in [3.05, 3.63) is 57.9 Å². The topological polar surface area (TPSA) is 64.6 Å². The van der Waals surface area contributed by atoms with Crippen LogP contribution in [0, 0.1) is 17.9 Å². The average Bonchev–Trinajstić information content (AvgIpc) is 3.45. The molecular formula is C29H35N5OS. The molecule has 2 aromatic rings. The van der Waals surface area contributed by atoms with Gasteiger partial charge in [-0.25, -0.2) is 9.83 Å². The number of nitriles is 1. The molecule has 0 radical (unpaired) electrons. The van der Waals surface area contributed by atoms with Crippen molar-refractivity contribution in [3.8, 4) is 6.07 Å². The van der Waals surface area contributed by atoms with Crippen molar-refractivity contribution in [3.63, 3.8) is 0 Å². The quantitative estimate of drug-likeness (QED) is 0.313. The monoisotopic (exact) mass is 501 g/mol. The standard InChI is InChI=1S/C29H35N5OS/c1-4-25-26(19-30)29(36-20-23-11-9-22(10-12-23)8-7-21(2)35)32-28(27(25)31-3)34-17-13-24(14-18-34)33-15-5-6-16-33/h9-12,24H,4-8,13-18,20H2,1-2H3. The lowest BCUT2D eigenvalue weighted by Crippen LogP contribution is -2.44. The Bertz CT molecular complexity index is 1150. The van der Waals surface area contributed by atoms with Gasteiger partial charge in [0.2, 0.25) is 5.69 Å². The summed E-state index contributed by atoms with van der Waals surface area (Å²) in [5.41, 5.74) is 4.22. The number of pyridine rings is 1. The second-order valence-electron chi connectivity index (χ2n) is 9.79. The Hall–Kier alpha value is -2.87. The van der Waals surface area contributed by atoms with Crippen LogP contribution < -0.4 is 4.90 Å². The summed E-state index contributed by atoms with van der Waals surface area (Å²) in [6.45, 7) is 15.8. The summed E-state index contributed by atoms with van der Waals surface area (Å²) in [6, 6.07) is 11.3. The number of carbonyl (C=O) groups excluding carboxylic acids is 1. The molecule has 0 unspecified atom stereocenters. The zero-order valence-electron chi connectivity index (χ0n) is 21.4. The fourth-order valence-corrected chi connectivity index (χ4v) is 6.27. The highest BCUT2D eigenvalue weighted by atomic mass is 32.2. The Kier molecular flexibility index (Phi) is 9.02. The van der Waals surface area contributed by atoms with Gasteiger partial charge in [-0.05, 0) is 75.2 Å². The zero-order chi connectivity index (χ0) is 25.5. The first-order valence-corrected chi connectivity index (χ1v) is 14.1. The molecule has 36 heavy (non-hydrogen) atoms. The molecule has 6 nitrogen and oxygen atoms in total. The predicted molar refractivity (Wildman–Crippen MR) is 146 cm³/mol. The lowest BCUT2D eigenvalue weighted by atomic mass is 10.0. The van der Waals surface area contributed by atoms with Gasteiger partial charge in [-0.3, -0.25) is 0 Å². The molecule has 7 heteroatoms. The van der Waals surface area contributed by atoms with Crippen LogP contribution in [-0.4, -0.2) is 47.9 Å². The molecule has 0 aliphatic carbocycles. The van der Waals surface area contributed by atoms with E-state index < -0.39 is 0 Å². The van der Waals surface area contributed by atoms with E-state index in [0.29, 0.717) is 35.9 Å². The van der Waals surface area contributed by atoms with Crippen LogP contribution in [0.25, 0.3) is 4.85 Å². The van der Waals surface area contributed by atoms with E-state index >= 15 is 0 Å². The van der Waals surface area contributed by atoms with Crippen molar-refractivity contribution in [1.29, 1.82) is 5.26 Å². The number of hydrogen-bond acceptors (Lipinski definition) is 6. The molecule has 0 atom stereocenters. The molecule has 0 spiro atoms. The summed E-state index contributed by atoms with van der Waals surface area (Å²) in [6.07, 6.45) is 6.77. The number of rotatable bonds is 9. The third-order valence-corrected chi connectivity index (χ3v) is 8.43.